The minimum Gasteiger partial charge on any atom is -0.507 e. The molecule has 0 radical (unpaired) electrons. The molecule has 0 bridgehead atoms. The van der Waals surface area contributed by atoms with Crippen molar-refractivity contribution in [2.24, 2.45) is 5.92 Å². The van der Waals surface area contributed by atoms with Crippen LogP contribution in [0.2, 0.25) is 0 Å². The van der Waals surface area contributed by atoms with Crippen LogP contribution in [0.4, 0.5) is 0 Å². The lowest BCUT2D eigenvalue weighted by atomic mass is 9.73. The quantitative estimate of drug-likeness (QED) is 0.0651. The molecule has 7 nitrogen and oxygen atoms in total. The molecule has 0 aliphatic heterocycles. The third kappa shape index (κ3) is 9.28. The van der Waals surface area contributed by atoms with Crippen LogP contribution in [0.5, 0.6) is 11.5 Å². The molecule has 0 amide bonds. The molecule has 1 unspecified atom stereocenters. The van der Waals surface area contributed by atoms with Crippen LogP contribution >= 0.6 is 7.82 Å². The van der Waals surface area contributed by atoms with Gasteiger partial charge >= 0.3 is 13.8 Å². The van der Waals surface area contributed by atoms with E-state index in [4.69, 9.17) is 13.8 Å². The maximum Gasteiger partial charge on any atom is 0.473 e. The molecule has 0 heterocycles. The van der Waals surface area contributed by atoms with Crippen molar-refractivity contribution in [3.05, 3.63) is 47.1 Å². The molecule has 230 valence electrons. The number of carbonyl (C=O) groups is 1. The standard InChI is InChI=1S/C33H51O7P/c1-6-8-10-14-20-38-41(36,37)40-33(18-12-13-19-33)32(35)39-30-23-26(15-11-9-7-2)22-29(34)31(30)28-21-25(5)16-17-27(28)24(3)4/h21-23,27-28,34H,3,6-20H2,1-2,4-5H3,(H,36,37)/t27-,28+/m0/s1. The lowest BCUT2D eigenvalue weighted by Gasteiger charge is -2.33. The average Bonchev–Trinajstić information content (AvgIpc) is 3.37. The molecule has 8 heteroatoms. The average molecular weight is 591 g/mol. The van der Waals surface area contributed by atoms with E-state index in [-0.39, 0.29) is 42.8 Å². The monoisotopic (exact) mass is 590 g/mol. The van der Waals surface area contributed by atoms with Crippen molar-refractivity contribution >= 4 is 13.8 Å². The second-order valence-corrected chi connectivity index (χ2v) is 13.4. The summed E-state index contributed by atoms with van der Waals surface area (Å²) in [5, 5.41) is 11.4. The van der Waals surface area contributed by atoms with Crippen molar-refractivity contribution in [3.63, 3.8) is 0 Å². The molecule has 3 rings (SSSR count). The molecule has 41 heavy (non-hydrogen) atoms. The van der Waals surface area contributed by atoms with Crippen molar-refractivity contribution in [1.82, 2.24) is 0 Å². The summed E-state index contributed by atoms with van der Waals surface area (Å²) >= 11 is 0. The summed E-state index contributed by atoms with van der Waals surface area (Å²) in [4.78, 5) is 24.4. The number of benzene rings is 1. The Kier molecular flexibility index (Phi) is 12.7. The highest BCUT2D eigenvalue weighted by Crippen LogP contribution is 2.53. The van der Waals surface area contributed by atoms with Crippen LogP contribution in [0.1, 0.15) is 128 Å². The summed E-state index contributed by atoms with van der Waals surface area (Å²) < 4.78 is 29.9. The van der Waals surface area contributed by atoms with Crippen molar-refractivity contribution in [2.75, 3.05) is 6.61 Å². The molecular weight excluding hydrogens is 539 g/mol. The molecule has 2 N–H and O–H groups in total. The van der Waals surface area contributed by atoms with Crippen molar-refractivity contribution in [1.29, 1.82) is 0 Å². The van der Waals surface area contributed by atoms with Gasteiger partial charge in [0.15, 0.2) is 5.60 Å². The SMILES string of the molecule is C=C(C)[C@@H]1CCC(C)=C[C@H]1c1c(O)cc(CCCCC)cc1OC(=O)C1(OP(=O)(O)OCCCCCC)CCCC1. The van der Waals surface area contributed by atoms with Gasteiger partial charge in [0.25, 0.3) is 0 Å². The molecule has 1 saturated carbocycles. The lowest BCUT2D eigenvalue weighted by Crippen LogP contribution is -2.41. The van der Waals surface area contributed by atoms with Gasteiger partial charge < -0.3 is 14.7 Å². The highest BCUT2D eigenvalue weighted by Gasteiger charge is 2.50. The zero-order valence-corrected chi connectivity index (χ0v) is 26.5. The van der Waals surface area contributed by atoms with Gasteiger partial charge in [-0.1, -0.05) is 69.8 Å². The van der Waals surface area contributed by atoms with E-state index in [1.54, 1.807) is 6.07 Å². The molecule has 0 aromatic heterocycles. The van der Waals surface area contributed by atoms with Gasteiger partial charge in [-0.25, -0.2) is 9.36 Å². The fourth-order valence-corrected chi connectivity index (χ4v) is 7.26. The van der Waals surface area contributed by atoms with E-state index in [0.717, 1.165) is 68.9 Å². The molecule has 3 atom stereocenters. The molecule has 1 aromatic carbocycles. The molecule has 0 spiro atoms. The minimum atomic E-state index is -4.49. The fraction of sp³-hybridized carbons (Fsp3) is 0.667. The van der Waals surface area contributed by atoms with Crippen LogP contribution in [0.3, 0.4) is 0 Å². The van der Waals surface area contributed by atoms with E-state index in [9.17, 15) is 19.4 Å². The van der Waals surface area contributed by atoms with Gasteiger partial charge in [0, 0.05) is 11.5 Å². The van der Waals surface area contributed by atoms with Gasteiger partial charge in [0.05, 0.1) is 6.61 Å². The Labute approximate surface area is 247 Å². The van der Waals surface area contributed by atoms with Crippen LogP contribution < -0.4 is 4.74 Å². The van der Waals surface area contributed by atoms with E-state index < -0.39 is 19.4 Å². The number of phenolic OH excluding ortho intramolecular Hbond substituents is 1. The van der Waals surface area contributed by atoms with E-state index >= 15 is 0 Å². The van der Waals surface area contributed by atoms with Crippen LogP contribution in [0.25, 0.3) is 0 Å². The number of rotatable bonds is 16. The maximum atomic E-state index is 13.9. The summed E-state index contributed by atoms with van der Waals surface area (Å²) in [5.41, 5.74) is 2.08. The van der Waals surface area contributed by atoms with Gasteiger partial charge in [-0.3, -0.25) is 9.05 Å². The summed E-state index contributed by atoms with van der Waals surface area (Å²) in [5.74, 6) is -0.456. The number of phosphoric ester groups is 1. The number of carbonyl (C=O) groups excluding carboxylic acids is 1. The zero-order chi connectivity index (χ0) is 30.0. The van der Waals surface area contributed by atoms with Gasteiger partial charge in [0.1, 0.15) is 11.5 Å². The first-order chi connectivity index (χ1) is 19.5. The number of esters is 1. The number of ether oxygens (including phenoxy) is 1. The van der Waals surface area contributed by atoms with E-state index in [0.29, 0.717) is 24.8 Å². The molecule has 2 aliphatic carbocycles. The predicted octanol–water partition coefficient (Wildman–Crippen LogP) is 9.07. The van der Waals surface area contributed by atoms with Crippen LogP contribution in [-0.2, 0) is 24.8 Å². The first-order valence-electron chi connectivity index (χ1n) is 15.6. The molecule has 1 aromatic rings. The Morgan fingerprint density at radius 2 is 1.78 bits per heavy atom. The van der Waals surface area contributed by atoms with Crippen molar-refractivity contribution in [2.45, 2.75) is 129 Å². The number of aromatic hydroxyl groups is 1. The third-order valence-electron chi connectivity index (χ3n) is 8.49. The van der Waals surface area contributed by atoms with Gasteiger partial charge in [0.2, 0.25) is 0 Å². The number of phosphoric acid groups is 1. The van der Waals surface area contributed by atoms with Crippen molar-refractivity contribution < 1.29 is 33.1 Å². The first kappa shape index (κ1) is 33.6. The first-order valence-corrected chi connectivity index (χ1v) is 17.1. The molecular formula is C33H51O7P. The fourth-order valence-electron chi connectivity index (χ4n) is 6.14. The van der Waals surface area contributed by atoms with Crippen molar-refractivity contribution in [3.8, 4) is 11.5 Å². The lowest BCUT2D eigenvalue weighted by molar-refractivity contribution is -0.153. The number of aryl methyl sites for hydroxylation is 1. The summed E-state index contributed by atoms with van der Waals surface area (Å²) in [6.45, 7) is 12.6. The normalized spacial score (nSPS) is 21.7. The highest BCUT2D eigenvalue weighted by molar-refractivity contribution is 7.47. The molecule has 0 saturated heterocycles. The third-order valence-corrected chi connectivity index (χ3v) is 9.58. The number of phenols is 1. The largest absolute Gasteiger partial charge is 0.507 e. The van der Waals surface area contributed by atoms with E-state index in [1.165, 1.54) is 5.57 Å². The Morgan fingerprint density at radius 3 is 2.44 bits per heavy atom. The van der Waals surface area contributed by atoms with Gasteiger partial charge in [-0.2, -0.15) is 0 Å². The number of hydrogen-bond acceptors (Lipinski definition) is 6. The predicted molar refractivity (Wildman–Crippen MR) is 163 cm³/mol. The van der Waals surface area contributed by atoms with Gasteiger partial charge in [-0.15, -0.1) is 0 Å². The zero-order valence-electron chi connectivity index (χ0n) is 25.6. The summed E-state index contributed by atoms with van der Waals surface area (Å²) in [6, 6.07) is 3.63. The molecule has 2 aliphatic rings. The highest BCUT2D eigenvalue weighted by atomic mass is 31.2. The Bertz CT molecular complexity index is 1120. The topological polar surface area (TPSA) is 102 Å². The Hall–Kier alpha value is -1.92. The smallest absolute Gasteiger partial charge is 0.473 e. The van der Waals surface area contributed by atoms with Crippen LogP contribution in [-0.4, -0.2) is 28.2 Å². The summed E-state index contributed by atoms with van der Waals surface area (Å²) in [6.07, 6.45) is 13.3. The Balaban J connectivity index is 1.94. The number of allylic oxidation sites excluding steroid dienone is 3. The van der Waals surface area contributed by atoms with E-state index in [2.05, 4.69) is 33.4 Å². The second-order valence-electron chi connectivity index (χ2n) is 12.1. The number of unbranched alkanes of at least 4 members (excludes halogenated alkanes) is 5. The van der Waals surface area contributed by atoms with E-state index in [1.807, 2.05) is 13.0 Å². The van der Waals surface area contributed by atoms with Crippen LogP contribution in [0.15, 0.2) is 35.9 Å². The second kappa shape index (κ2) is 15.5. The minimum absolute atomic E-state index is 0.0865. The molecule has 1 fully saturated rings. The number of hydrogen-bond donors (Lipinski definition) is 2. The maximum absolute atomic E-state index is 13.9. The van der Waals surface area contributed by atoms with Crippen LogP contribution in [0, 0.1) is 5.92 Å². The summed E-state index contributed by atoms with van der Waals surface area (Å²) in [7, 11) is -4.49. The Morgan fingerprint density at radius 1 is 1.10 bits per heavy atom. The van der Waals surface area contributed by atoms with Gasteiger partial charge in [-0.05, 0) is 95.2 Å².